The van der Waals surface area contributed by atoms with E-state index >= 15 is 0 Å². The lowest BCUT2D eigenvalue weighted by atomic mass is 9.89. The van der Waals surface area contributed by atoms with E-state index in [4.69, 9.17) is 9.47 Å². The zero-order valence-corrected chi connectivity index (χ0v) is 16.5. The van der Waals surface area contributed by atoms with Gasteiger partial charge in [-0.1, -0.05) is 36.8 Å². The number of esters is 2. The lowest BCUT2D eigenvalue weighted by Gasteiger charge is -2.29. The van der Waals surface area contributed by atoms with Crippen LogP contribution in [0.2, 0.25) is 0 Å². The summed E-state index contributed by atoms with van der Waals surface area (Å²) in [5.41, 5.74) is 1.29. The van der Waals surface area contributed by atoms with Crippen molar-refractivity contribution in [3.05, 3.63) is 47.2 Å². The van der Waals surface area contributed by atoms with Crippen LogP contribution in [0.4, 0.5) is 4.79 Å². The number of hydrogen-bond acceptors (Lipinski definition) is 5. The Morgan fingerprint density at radius 1 is 1.10 bits per heavy atom. The number of urea groups is 1. The highest BCUT2D eigenvalue weighted by Gasteiger charge is 2.44. The molecule has 2 fully saturated rings. The standard InChI is InChI=1S/C22H26N2O5/c1-2-28-21(26)18-17(12-29-20(25)16-11-13-8-9-15(16)10-13)23-22(27)24-19(18)14-6-4-3-5-7-14/h3-7,13,15-16,19H,2,8-12H2,1H3,(H2,23,24,27). The number of carbonyl (C=O) groups is 3. The number of carbonyl (C=O) groups excluding carboxylic acids is 3. The molecule has 7 heteroatoms. The molecule has 0 aromatic heterocycles. The van der Waals surface area contributed by atoms with Crippen LogP contribution in [0.1, 0.15) is 44.2 Å². The van der Waals surface area contributed by atoms with Crippen molar-refractivity contribution in [2.24, 2.45) is 17.8 Å². The van der Waals surface area contributed by atoms with Crippen molar-refractivity contribution in [2.45, 2.75) is 38.6 Å². The van der Waals surface area contributed by atoms with Gasteiger partial charge in [0.25, 0.3) is 0 Å². The first-order chi connectivity index (χ1) is 14.1. The number of hydrogen-bond donors (Lipinski definition) is 2. The number of benzene rings is 1. The average Bonchev–Trinajstić information content (AvgIpc) is 3.36. The molecule has 1 aromatic rings. The number of rotatable bonds is 6. The van der Waals surface area contributed by atoms with E-state index < -0.39 is 18.0 Å². The van der Waals surface area contributed by atoms with Crippen molar-refractivity contribution in [3.8, 4) is 0 Å². The maximum absolute atomic E-state index is 12.7. The Kier molecular flexibility index (Phi) is 5.56. The van der Waals surface area contributed by atoms with Crippen molar-refractivity contribution in [1.29, 1.82) is 0 Å². The van der Waals surface area contributed by atoms with Crippen molar-refractivity contribution in [3.63, 3.8) is 0 Å². The highest BCUT2D eigenvalue weighted by molar-refractivity contribution is 5.95. The van der Waals surface area contributed by atoms with Crippen molar-refractivity contribution in [1.82, 2.24) is 10.6 Å². The predicted octanol–water partition coefficient (Wildman–Crippen LogP) is 2.84. The van der Waals surface area contributed by atoms with E-state index in [2.05, 4.69) is 10.6 Å². The molecule has 1 heterocycles. The highest BCUT2D eigenvalue weighted by Crippen LogP contribution is 2.48. The van der Waals surface area contributed by atoms with Crippen LogP contribution in [0.25, 0.3) is 0 Å². The van der Waals surface area contributed by atoms with Gasteiger partial charge in [-0.3, -0.25) is 4.79 Å². The van der Waals surface area contributed by atoms with Crippen LogP contribution in [-0.2, 0) is 19.1 Å². The van der Waals surface area contributed by atoms with Gasteiger partial charge in [0, 0.05) is 0 Å². The second-order valence-electron chi connectivity index (χ2n) is 7.94. The summed E-state index contributed by atoms with van der Waals surface area (Å²) in [5, 5.41) is 5.40. The molecular weight excluding hydrogens is 372 g/mol. The van der Waals surface area contributed by atoms with Crippen molar-refractivity contribution < 1.29 is 23.9 Å². The molecule has 1 aromatic carbocycles. The van der Waals surface area contributed by atoms with E-state index in [0.717, 1.165) is 24.8 Å². The highest BCUT2D eigenvalue weighted by atomic mass is 16.5. The first-order valence-electron chi connectivity index (χ1n) is 10.3. The topological polar surface area (TPSA) is 93.7 Å². The molecule has 0 saturated heterocycles. The first kappa shape index (κ1) is 19.5. The summed E-state index contributed by atoms with van der Waals surface area (Å²) in [5.74, 6) is 0.193. The van der Waals surface area contributed by atoms with Crippen LogP contribution in [0.5, 0.6) is 0 Å². The molecule has 2 amide bonds. The van der Waals surface area contributed by atoms with Gasteiger partial charge in [0.1, 0.15) is 6.61 Å². The van der Waals surface area contributed by atoms with Crippen LogP contribution in [0.3, 0.4) is 0 Å². The average molecular weight is 398 g/mol. The van der Waals surface area contributed by atoms with Gasteiger partial charge >= 0.3 is 18.0 Å². The second kappa shape index (κ2) is 8.27. The summed E-state index contributed by atoms with van der Waals surface area (Å²) in [6.07, 6.45) is 4.27. The molecule has 1 aliphatic heterocycles. The molecule has 2 saturated carbocycles. The van der Waals surface area contributed by atoms with Crippen LogP contribution in [0.15, 0.2) is 41.6 Å². The summed E-state index contributed by atoms with van der Waals surface area (Å²) in [6.45, 7) is 1.77. The molecule has 4 unspecified atom stereocenters. The number of fused-ring (bicyclic) bond motifs is 2. The fourth-order valence-corrected chi connectivity index (χ4v) is 4.86. The van der Waals surface area contributed by atoms with Gasteiger partial charge in [-0.25, -0.2) is 9.59 Å². The molecule has 4 atom stereocenters. The Balaban J connectivity index is 1.56. The third-order valence-electron chi connectivity index (χ3n) is 6.18. The Morgan fingerprint density at radius 2 is 1.90 bits per heavy atom. The fraction of sp³-hybridized carbons (Fsp3) is 0.500. The third-order valence-corrected chi connectivity index (χ3v) is 6.18. The normalized spacial score (nSPS) is 28.0. The second-order valence-corrected chi connectivity index (χ2v) is 7.94. The van der Waals surface area contributed by atoms with Crippen LogP contribution >= 0.6 is 0 Å². The van der Waals surface area contributed by atoms with E-state index in [1.165, 1.54) is 6.42 Å². The maximum Gasteiger partial charge on any atom is 0.338 e. The summed E-state index contributed by atoms with van der Waals surface area (Å²) in [7, 11) is 0. The Labute approximate surface area is 169 Å². The molecule has 0 radical (unpaired) electrons. The van der Waals surface area contributed by atoms with Crippen LogP contribution in [-0.4, -0.2) is 31.2 Å². The number of ether oxygens (including phenoxy) is 2. The molecule has 4 rings (SSSR count). The summed E-state index contributed by atoms with van der Waals surface area (Å²) in [6, 6.07) is 8.07. The SMILES string of the molecule is CCOC(=O)C1=C(COC(=O)C2CC3CCC2C3)NC(=O)NC1c1ccccc1. The van der Waals surface area contributed by atoms with E-state index in [-0.39, 0.29) is 36.4 Å². The number of amides is 2. The van der Waals surface area contributed by atoms with E-state index in [9.17, 15) is 14.4 Å². The minimum Gasteiger partial charge on any atom is -0.463 e. The number of nitrogens with one attached hydrogen (secondary N) is 2. The smallest absolute Gasteiger partial charge is 0.338 e. The Hall–Kier alpha value is -2.83. The first-order valence-corrected chi connectivity index (χ1v) is 10.3. The molecule has 2 bridgehead atoms. The lowest BCUT2D eigenvalue weighted by Crippen LogP contribution is -2.47. The minimum atomic E-state index is -0.666. The van der Waals surface area contributed by atoms with Crippen LogP contribution in [0, 0.1) is 17.8 Å². The monoisotopic (exact) mass is 398 g/mol. The molecule has 2 aliphatic carbocycles. The quantitative estimate of drug-likeness (QED) is 0.719. The van der Waals surface area contributed by atoms with Gasteiger partial charge in [0.2, 0.25) is 0 Å². The zero-order valence-electron chi connectivity index (χ0n) is 16.5. The van der Waals surface area contributed by atoms with Gasteiger partial charge in [-0.05, 0) is 43.6 Å². The molecule has 154 valence electrons. The van der Waals surface area contributed by atoms with E-state index in [1.54, 1.807) is 6.92 Å². The predicted molar refractivity (Wildman–Crippen MR) is 104 cm³/mol. The summed E-state index contributed by atoms with van der Waals surface area (Å²) >= 11 is 0. The van der Waals surface area contributed by atoms with Gasteiger partial charge < -0.3 is 20.1 Å². The molecule has 7 nitrogen and oxygen atoms in total. The minimum absolute atomic E-state index is 0.0669. The van der Waals surface area contributed by atoms with Crippen LogP contribution < -0.4 is 10.6 Å². The summed E-state index contributed by atoms with van der Waals surface area (Å²) < 4.78 is 10.8. The van der Waals surface area contributed by atoms with Gasteiger partial charge in [-0.15, -0.1) is 0 Å². The molecular formula is C22H26N2O5. The zero-order chi connectivity index (χ0) is 20.4. The molecule has 3 aliphatic rings. The summed E-state index contributed by atoms with van der Waals surface area (Å²) in [4.78, 5) is 37.6. The third kappa shape index (κ3) is 3.99. The molecule has 0 spiro atoms. The lowest BCUT2D eigenvalue weighted by molar-refractivity contribution is -0.149. The van der Waals surface area contributed by atoms with E-state index in [0.29, 0.717) is 11.8 Å². The van der Waals surface area contributed by atoms with Gasteiger partial charge in [-0.2, -0.15) is 0 Å². The largest absolute Gasteiger partial charge is 0.463 e. The Morgan fingerprint density at radius 3 is 2.55 bits per heavy atom. The van der Waals surface area contributed by atoms with Crippen molar-refractivity contribution in [2.75, 3.05) is 13.2 Å². The molecule has 29 heavy (non-hydrogen) atoms. The van der Waals surface area contributed by atoms with Gasteiger partial charge in [0.15, 0.2) is 0 Å². The Bertz CT molecular complexity index is 835. The van der Waals surface area contributed by atoms with Gasteiger partial charge in [0.05, 0.1) is 29.8 Å². The van der Waals surface area contributed by atoms with E-state index in [1.807, 2.05) is 30.3 Å². The maximum atomic E-state index is 12.7. The fourth-order valence-electron chi connectivity index (χ4n) is 4.86. The van der Waals surface area contributed by atoms with Crippen molar-refractivity contribution >= 4 is 18.0 Å². The molecule has 2 N–H and O–H groups in total.